The number of ether oxygens (including phenoxy) is 5. The number of anilines is 1. The molecule has 0 bridgehead atoms. The molecule has 240 valence electrons. The lowest BCUT2D eigenvalue weighted by atomic mass is 10.1. The SMILES string of the molecule is COc1ccc(OCCCCN(C)CCc2cc(OC)c(OC)c(OC)c2)c(C2(SC)Sc3ccccc3N(C)C2=O)c1.Cl. The number of hydrogen-bond donors (Lipinski definition) is 0. The standard InChI is InChI=1S/C33H42N2O6S2.ClH/c1-34(18-16-23-20-28(38-4)31(40-6)29(21-23)39-5)17-10-11-19-41-27-15-14-24(37-3)22-25(27)33(42-7)32(36)35(2)26-12-8-9-13-30(26)43-33;/h8-9,12-15,20-22H,10-11,16-19H2,1-7H3;1H. The van der Waals surface area contributed by atoms with Crippen LogP contribution in [0.4, 0.5) is 5.69 Å². The van der Waals surface area contributed by atoms with Gasteiger partial charge < -0.3 is 33.5 Å². The Morgan fingerprint density at radius 2 is 1.59 bits per heavy atom. The van der Waals surface area contributed by atoms with Crippen molar-refractivity contribution < 1.29 is 28.5 Å². The lowest BCUT2D eigenvalue weighted by Gasteiger charge is -2.40. The lowest BCUT2D eigenvalue weighted by Crippen LogP contribution is -2.44. The number of halogens is 1. The third-order valence-corrected chi connectivity index (χ3v) is 10.6. The van der Waals surface area contributed by atoms with Crippen molar-refractivity contribution in [2.24, 2.45) is 0 Å². The number of carbonyl (C=O) groups is 1. The summed E-state index contributed by atoms with van der Waals surface area (Å²) in [7, 11) is 10.5. The summed E-state index contributed by atoms with van der Waals surface area (Å²) in [4.78, 5) is 19.0. The van der Waals surface area contributed by atoms with E-state index in [4.69, 9.17) is 23.7 Å². The largest absolute Gasteiger partial charge is 0.497 e. The van der Waals surface area contributed by atoms with Crippen LogP contribution >= 0.6 is 35.9 Å². The van der Waals surface area contributed by atoms with Crippen molar-refractivity contribution in [3.05, 3.63) is 65.7 Å². The Labute approximate surface area is 276 Å². The molecule has 0 radical (unpaired) electrons. The van der Waals surface area contributed by atoms with Crippen molar-refractivity contribution in [2.45, 2.75) is 28.2 Å². The van der Waals surface area contributed by atoms with Crippen molar-refractivity contribution >= 4 is 47.5 Å². The molecule has 0 spiro atoms. The lowest BCUT2D eigenvalue weighted by molar-refractivity contribution is -0.118. The molecule has 0 saturated carbocycles. The van der Waals surface area contributed by atoms with Crippen molar-refractivity contribution in [1.29, 1.82) is 0 Å². The number of unbranched alkanes of at least 4 members (excludes halogenated alkanes) is 1. The first-order valence-electron chi connectivity index (χ1n) is 14.2. The van der Waals surface area contributed by atoms with Gasteiger partial charge in [0.1, 0.15) is 11.5 Å². The molecular weight excluding hydrogens is 620 g/mol. The number of methoxy groups -OCH3 is 4. The van der Waals surface area contributed by atoms with E-state index in [1.807, 2.05) is 61.8 Å². The van der Waals surface area contributed by atoms with Crippen LogP contribution < -0.4 is 28.6 Å². The number of benzene rings is 3. The second-order valence-corrected chi connectivity index (χ2v) is 12.8. The summed E-state index contributed by atoms with van der Waals surface area (Å²) in [6.45, 7) is 2.39. The maximum atomic E-state index is 13.9. The Balaban J connectivity index is 0.00000529. The van der Waals surface area contributed by atoms with Gasteiger partial charge in [-0.15, -0.1) is 24.2 Å². The van der Waals surface area contributed by atoms with Gasteiger partial charge in [-0.05, 0) is 87.1 Å². The molecule has 0 aliphatic carbocycles. The van der Waals surface area contributed by atoms with Crippen LogP contribution in [0.5, 0.6) is 28.7 Å². The Bertz CT molecular complexity index is 1390. The maximum absolute atomic E-state index is 13.9. The molecule has 0 N–H and O–H groups in total. The molecule has 1 aliphatic heterocycles. The number of likely N-dealkylation sites (N-methyl/N-ethyl adjacent to an activating group) is 2. The molecule has 1 atom stereocenters. The van der Waals surface area contributed by atoms with Gasteiger partial charge in [0.2, 0.25) is 5.75 Å². The monoisotopic (exact) mass is 662 g/mol. The number of nitrogens with zero attached hydrogens (tertiary/aromatic N) is 2. The zero-order valence-electron chi connectivity index (χ0n) is 26.5. The highest BCUT2D eigenvalue weighted by molar-refractivity contribution is 8.18. The number of amides is 1. The topological polar surface area (TPSA) is 69.7 Å². The summed E-state index contributed by atoms with van der Waals surface area (Å²) in [5.74, 6) is 3.35. The average Bonchev–Trinajstić information content (AvgIpc) is 3.04. The molecule has 8 nitrogen and oxygen atoms in total. The van der Waals surface area contributed by atoms with Gasteiger partial charge in [0, 0.05) is 24.1 Å². The zero-order chi connectivity index (χ0) is 31.0. The first-order chi connectivity index (χ1) is 20.8. The smallest absolute Gasteiger partial charge is 0.258 e. The summed E-state index contributed by atoms with van der Waals surface area (Å²) >= 11 is 3.09. The molecule has 1 heterocycles. The Morgan fingerprint density at radius 3 is 2.23 bits per heavy atom. The molecule has 1 unspecified atom stereocenters. The molecule has 3 aromatic rings. The normalized spacial score (nSPS) is 15.8. The minimum atomic E-state index is -0.889. The predicted molar refractivity (Wildman–Crippen MR) is 183 cm³/mol. The van der Waals surface area contributed by atoms with Crippen molar-refractivity contribution in [3.63, 3.8) is 0 Å². The molecule has 1 amide bonds. The van der Waals surface area contributed by atoms with Crippen LogP contribution in [-0.2, 0) is 15.3 Å². The molecular formula is C33H43ClN2O6S2. The van der Waals surface area contributed by atoms with Crippen LogP contribution in [0.2, 0.25) is 0 Å². The van der Waals surface area contributed by atoms with E-state index in [-0.39, 0.29) is 18.3 Å². The summed E-state index contributed by atoms with van der Waals surface area (Å²) < 4.78 is 27.5. The molecule has 4 rings (SSSR count). The number of hydrogen-bond acceptors (Lipinski definition) is 9. The second-order valence-electron chi connectivity index (χ2n) is 10.3. The van der Waals surface area contributed by atoms with E-state index >= 15 is 0 Å². The van der Waals surface area contributed by atoms with Crippen LogP contribution in [0.3, 0.4) is 0 Å². The Kier molecular flexibility index (Phi) is 13.3. The Morgan fingerprint density at radius 1 is 0.886 bits per heavy atom. The molecule has 0 aromatic heterocycles. The highest BCUT2D eigenvalue weighted by atomic mass is 35.5. The third kappa shape index (κ3) is 7.65. The molecule has 44 heavy (non-hydrogen) atoms. The first kappa shape index (κ1) is 35.6. The van der Waals surface area contributed by atoms with Gasteiger partial charge in [-0.1, -0.05) is 23.9 Å². The fourth-order valence-electron chi connectivity index (χ4n) is 5.15. The summed E-state index contributed by atoms with van der Waals surface area (Å²) in [5.41, 5.74) is 2.86. The molecule has 1 aliphatic rings. The van der Waals surface area contributed by atoms with Crippen molar-refractivity contribution in [2.75, 3.05) is 73.4 Å². The Hall–Kier alpha value is -2.92. The van der Waals surface area contributed by atoms with Crippen molar-refractivity contribution in [3.8, 4) is 28.7 Å². The fourth-order valence-corrected chi connectivity index (χ4v) is 7.71. The van der Waals surface area contributed by atoms with E-state index in [0.717, 1.165) is 54.1 Å². The third-order valence-electron chi connectivity index (χ3n) is 7.59. The van der Waals surface area contributed by atoms with Gasteiger partial charge in [-0.3, -0.25) is 4.79 Å². The van der Waals surface area contributed by atoms with Crippen LogP contribution in [-0.4, -0.2) is 79.3 Å². The van der Waals surface area contributed by atoms with Crippen molar-refractivity contribution in [1.82, 2.24) is 4.90 Å². The summed E-state index contributed by atoms with van der Waals surface area (Å²) in [6.07, 6.45) is 4.70. The number of thioether (sulfide) groups is 2. The highest BCUT2D eigenvalue weighted by Crippen LogP contribution is 2.58. The van der Waals surface area contributed by atoms with Crippen LogP contribution in [0.1, 0.15) is 24.0 Å². The van der Waals surface area contributed by atoms with E-state index < -0.39 is 4.08 Å². The van der Waals surface area contributed by atoms with E-state index in [0.29, 0.717) is 35.4 Å². The van der Waals surface area contributed by atoms with E-state index in [1.165, 1.54) is 11.8 Å². The number of carbonyl (C=O) groups excluding carboxylic acids is 1. The maximum Gasteiger partial charge on any atom is 0.258 e. The average molecular weight is 663 g/mol. The van der Waals surface area contributed by atoms with Gasteiger partial charge in [-0.2, -0.15) is 0 Å². The number of rotatable bonds is 15. The van der Waals surface area contributed by atoms with Crippen LogP contribution in [0, 0.1) is 0 Å². The van der Waals surface area contributed by atoms with Gasteiger partial charge in [0.25, 0.3) is 5.91 Å². The highest BCUT2D eigenvalue weighted by Gasteiger charge is 2.49. The second kappa shape index (κ2) is 16.4. The van der Waals surface area contributed by atoms with E-state index in [9.17, 15) is 4.79 Å². The molecule has 3 aromatic carbocycles. The summed E-state index contributed by atoms with van der Waals surface area (Å²) in [6, 6.07) is 17.8. The van der Waals surface area contributed by atoms with Gasteiger partial charge in [0.05, 0.1) is 40.7 Å². The number of fused-ring (bicyclic) bond motifs is 1. The van der Waals surface area contributed by atoms with Gasteiger partial charge in [-0.25, -0.2) is 0 Å². The number of para-hydroxylation sites is 1. The predicted octanol–water partition coefficient (Wildman–Crippen LogP) is 6.76. The quantitative estimate of drug-likeness (QED) is 0.164. The minimum Gasteiger partial charge on any atom is -0.497 e. The van der Waals surface area contributed by atoms with Crippen LogP contribution in [0.15, 0.2) is 59.5 Å². The van der Waals surface area contributed by atoms with Crippen LogP contribution in [0.25, 0.3) is 0 Å². The summed E-state index contributed by atoms with van der Waals surface area (Å²) in [5, 5.41) is 0. The minimum absolute atomic E-state index is 0. The van der Waals surface area contributed by atoms with Gasteiger partial charge in [0.15, 0.2) is 15.6 Å². The fraction of sp³-hybridized carbons (Fsp3) is 0.424. The molecule has 0 saturated heterocycles. The molecule has 0 fully saturated rings. The van der Waals surface area contributed by atoms with E-state index in [2.05, 4.69) is 18.0 Å². The van der Waals surface area contributed by atoms with E-state index in [1.54, 1.807) is 45.1 Å². The zero-order valence-corrected chi connectivity index (χ0v) is 29.0. The molecule has 11 heteroatoms. The first-order valence-corrected chi connectivity index (χ1v) is 16.3. The van der Waals surface area contributed by atoms with Gasteiger partial charge >= 0.3 is 0 Å².